The Labute approximate surface area is 243 Å². The van der Waals surface area contributed by atoms with Crippen molar-refractivity contribution in [3.63, 3.8) is 0 Å². The fourth-order valence-corrected chi connectivity index (χ4v) is 5.38. The van der Waals surface area contributed by atoms with Gasteiger partial charge >= 0.3 is 0 Å². The summed E-state index contributed by atoms with van der Waals surface area (Å²) < 4.78 is 13.7. The number of hydrogen-bond donors (Lipinski definition) is 2. The van der Waals surface area contributed by atoms with Gasteiger partial charge in [0.05, 0.1) is 31.5 Å². The lowest BCUT2D eigenvalue weighted by atomic mass is 10.1. The second-order valence-corrected chi connectivity index (χ2v) is 10.5. The molecule has 2 N–H and O–H groups in total. The summed E-state index contributed by atoms with van der Waals surface area (Å²) >= 11 is 1.52. The van der Waals surface area contributed by atoms with Gasteiger partial charge in [-0.1, -0.05) is 30.3 Å². The van der Waals surface area contributed by atoms with Crippen LogP contribution < -0.4 is 20.1 Å². The van der Waals surface area contributed by atoms with E-state index in [0.29, 0.717) is 57.1 Å². The number of thiazole rings is 1. The molecule has 0 aliphatic carbocycles. The average Bonchev–Trinajstić information content (AvgIpc) is 3.67. The second-order valence-electron chi connectivity index (χ2n) is 9.80. The molecule has 0 spiro atoms. The van der Waals surface area contributed by atoms with Gasteiger partial charge in [0.1, 0.15) is 11.9 Å². The highest BCUT2D eigenvalue weighted by atomic mass is 32.1. The van der Waals surface area contributed by atoms with E-state index in [1.54, 1.807) is 18.8 Å². The molecule has 3 heterocycles. The molecule has 10 nitrogen and oxygen atoms in total. The number of nitrogens with one attached hydrogen (secondary N) is 2. The van der Waals surface area contributed by atoms with Crippen molar-refractivity contribution in [3.05, 3.63) is 83.1 Å². The Morgan fingerprint density at radius 3 is 2.80 bits per heavy atom. The smallest absolute Gasteiger partial charge is 0.242 e. The number of hydrogen-bond acceptors (Lipinski definition) is 8. The molecule has 214 valence electrons. The van der Waals surface area contributed by atoms with Crippen LogP contribution in [0.15, 0.2) is 71.8 Å². The van der Waals surface area contributed by atoms with Crippen LogP contribution in [0.25, 0.3) is 11.4 Å². The van der Waals surface area contributed by atoms with E-state index in [4.69, 9.17) is 9.47 Å². The van der Waals surface area contributed by atoms with Gasteiger partial charge in [-0.15, -0.1) is 11.3 Å². The Morgan fingerprint density at radius 1 is 1.12 bits per heavy atom. The Morgan fingerprint density at radius 2 is 2.00 bits per heavy atom. The first-order valence-corrected chi connectivity index (χ1v) is 14.6. The van der Waals surface area contributed by atoms with Gasteiger partial charge in [-0.2, -0.15) is 0 Å². The fourth-order valence-electron chi connectivity index (χ4n) is 4.83. The van der Waals surface area contributed by atoms with E-state index in [-0.39, 0.29) is 18.4 Å². The minimum absolute atomic E-state index is 0.132. The third-order valence-electron chi connectivity index (χ3n) is 6.84. The topological polar surface area (TPSA) is 111 Å². The predicted octanol–water partition coefficient (Wildman–Crippen LogP) is 3.14. The highest BCUT2D eigenvalue weighted by Gasteiger charge is 2.23. The van der Waals surface area contributed by atoms with Crippen LogP contribution in [-0.4, -0.2) is 70.6 Å². The van der Waals surface area contributed by atoms with Crippen molar-refractivity contribution in [1.29, 1.82) is 0 Å². The number of aromatic nitrogens is 3. The van der Waals surface area contributed by atoms with Crippen LogP contribution in [0.1, 0.15) is 17.7 Å². The molecule has 1 aliphatic heterocycles. The molecule has 4 aromatic rings. The maximum absolute atomic E-state index is 13.4. The van der Waals surface area contributed by atoms with E-state index in [2.05, 4.69) is 20.6 Å². The highest BCUT2D eigenvalue weighted by Crippen LogP contribution is 2.32. The first kappa shape index (κ1) is 28.3. The molecule has 0 unspecified atom stereocenters. The van der Waals surface area contributed by atoms with Crippen LogP contribution in [0.5, 0.6) is 11.5 Å². The number of carbonyl (C=O) groups excluding carboxylic acids is 2. The van der Waals surface area contributed by atoms with E-state index in [1.807, 2.05) is 69.6 Å². The number of methoxy groups -OCH3 is 1. The minimum atomic E-state index is -0.709. The number of nitrogens with zero attached hydrogens (tertiary/aromatic N) is 4. The Kier molecular flexibility index (Phi) is 9.61. The zero-order valence-electron chi connectivity index (χ0n) is 23.0. The lowest BCUT2D eigenvalue weighted by Crippen LogP contribution is -2.51. The van der Waals surface area contributed by atoms with Crippen molar-refractivity contribution in [2.24, 2.45) is 0 Å². The minimum Gasteiger partial charge on any atom is -0.493 e. The summed E-state index contributed by atoms with van der Waals surface area (Å²) in [7, 11) is 1.61. The molecular formula is C30H34N6O4S. The van der Waals surface area contributed by atoms with Crippen LogP contribution >= 0.6 is 11.3 Å². The molecule has 0 radical (unpaired) electrons. The van der Waals surface area contributed by atoms with Gasteiger partial charge < -0.3 is 24.7 Å². The normalized spacial score (nSPS) is 17.3. The maximum Gasteiger partial charge on any atom is 0.242 e. The largest absolute Gasteiger partial charge is 0.493 e. The molecule has 5 rings (SSSR count). The number of carbonyl (C=O) groups is 2. The highest BCUT2D eigenvalue weighted by molar-refractivity contribution is 7.07. The Balaban J connectivity index is 1.40. The molecule has 2 aromatic carbocycles. The molecule has 2 bridgehead atoms. The van der Waals surface area contributed by atoms with Gasteiger partial charge in [0.2, 0.25) is 11.8 Å². The van der Waals surface area contributed by atoms with Gasteiger partial charge in [0.15, 0.2) is 11.5 Å². The summed E-state index contributed by atoms with van der Waals surface area (Å²) in [5, 5.41) is 7.98. The standard InChI is InChI=1S/C30H34N6O4S/c1-39-26-9-8-23-17-27(26)40-15-5-12-35(18-24-20-41-21-33-24)19-28(37)34-25(16-22-6-3-2-4-7-22)30(38)32-11-14-36-13-10-31-29(23)36/h2-4,6-10,13,17,20-21,25H,5,11-12,14-16,18-19H2,1H3,(H,32,38)(H,34,37)/t25-/m0/s1. The van der Waals surface area contributed by atoms with Crippen LogP contribution in [0.3, 0.4) is 0 Å². The van der Waals surface area contributed by atoms with Gasteiger partial charge in [-0.05, 0) is 30.2 Å². The van der Waals surface area contributed by atoms with Crippen LogP contribution in [0, 0.1) is 0 Å². The van der Waals surface area contributed by atoms with E-state index >= 15 is 0 Å². The van der Waals surface area contributed by atoms with Crippen LogP contribution in [0.4, 0.5) is 0 Å². The van der Waals surface area contributed by atoms with E-state index in [0.717, 1.165) is 22.6 Å². The van der Waals surface area contributed by atoms with Crippen LogP contribution in [-0.2, 0) is 29.1 Å². The van der Waals surface area contributed by atoms with Gasteiger partial charge in [-0.3, -0.25) is 14.5 Å². The maximum atomic E-state index is 13.4. The molecule has 11 heteroatoms. The number of amides is 2. The SMILES string of the molecule is COc1ccc2cc1OCCCN(Cc1cscn1)CC(=O)N[C@@H](Cc1ccccc1)C(=O)NCCn1ccnc1-2. The van der Waals surface area contributed by atoms with Gasteiger partial charge in [-0.25, -0.2) is 9.97 Å². The summed E-state index contributed by atoms with van der Waals surface area (Å²) in [4.78, 5) is 37.6. The van der Waals surface area contributed by atoms with Gasteiger partial charge in [0, 0.05) is 55.9 Å². The van der Waals surface area contributed by atoms with Gasteiger partial charge in [0.25, 0.3) is 0 Å². The molecular weight excluding hydrogens is 540 g/mol. The third-order valence-corrected chi connectivity index (χ3v) is 7.47. The summed E-state index contributed by atoms with van der Waals surface area (Å²) in [6.45, 7) is 2.58. The predicted molar refractivity (Wildman–Crippen MR) is 157 cm³/mol. The van der Waals surface area contributed by atoms with E-state index in [9.17, 15) is 9.59 Å². The first-order valence-electron chi connectivity index (χ1n) is 13.6. The fraction of sp³-hybridized carbons (Fsp3) is 0.333. The summed E-state index contributed by atoms with van der Waals surface area (Å²) in [6, 6.07) is 14.7. The number of fused-ring (bicyclic) bond motifs is 4. The lowest BCUT2D eigenvalue weighted by molar-refractivity contribution is -0.129. The molecule has 41 heavy (non-hydrogen) atoms. The number of benzene rings is 2. The third kappa shape index (κ3) is 7.71. The molecule has 1 aliphatic rings. The first-order chi connectivity index (χ1) is 20.1. The van der Waals surface area contributed by atoms with Crippen LogP contribution in [0.2, 0.25) is 0 Å². The Hall–Kier alpha value is -4.22. The monoisotopic (exact) mass is 574 g/mol. The van der Waals surface area contributed by atoms with Crippen molar-refractivity contribution in [2.45, 2.75) is 32.0 Å². The number of ether oxygens (including phenoxy) is 2. The quantitative estimate of drug-likeness (QED) is 0.377. The average molecular weight is 575 g/mol. The number of imidazole rings is 1. The zero-order valence-corrected chi connectivity index (χ0v) is 23.8. The van der Waals surface area contributed by atoms with Crippen molar-refractivity contribution in [2.75, 3.05) is 33.4 Å². The molecule has 2 amide bonds. The van der Waals surface area contributed by atoms with Crippen molar-refractivity contribution >= 4 is 23.2 Å². The van der Waals surface area contributed by atoms with E-state index < -0.39 is 6.04 Å². The Bertz CT molecular complexity index is 1430. The lowest BCUT2D eigenvalue weighted by Gasteiger charge is -2.24. The summed E-state index contributed by atoms with van der Waals surface area (Å²) in [5.41, 5.74) is 4.54. The van der Waals surface area contributed by atoms with Crippen molar-refractivity contribution in [1.82, 2.24) is 30.1 Å². The van der Waals surface area contributed by atoms with Crippen molar-refractivity contribution < 1.29 is 19.1 Å². The number of rotatable bonds is 5. The van der Waals surface area contributed by atoms with E-state index in [1.165, 1.54) is 11.3 Å². The zero-order chi connectivity index (χ0) is 28.4. The molecule has 2 aromatic heterocycles. The molecule has 0 saturated heterocycles. The molecule has 0 fully saturated rings. The summed E-state index contributed by atoms with van der Waals surface area (Å²) in [5.74, 6) is 1.58. The summed E-state index contributed by atoms with van der Waals surface area (Å²) in [6.07, 6.45) is 4.68. The second kappa shape index (κ2) is 13.9. The van der Waals surface area contributed by atoms with Crippen molar-refractivity contribution in [3.8, 4) is 22.9 Å². The molecule has 0 saturated carbocycles. The molecule has 1 atom stereocenters.